The van der Waals surface area contributed by atoms with E-state index in [4.69, 9.17) is 65.4 Å². The third-order valence-corrected chi connectivity index (χ3v) is 7.67. The standard InChI is InChI=1S/C29H20Cl4O4/c30-22-10-24(32)28-20-9-21-27(35-13-17-6-2-1-5-16(17)12-34-26(20)22)23(31)11-25(33)29(21)37-15-19-8-4-3-7-18(19)14-36-28/h1-8,10-11H,9,12-15H2. The molecule has 0 amide bonds. The minimum atomic E-state index is 0.253. The lowest BCUT2D eigenvalue weighted by Crippen LogP contribution is -2.06. The van der Waals surface area contributed by atoms with E-state index in [1.165, 1.54) is 0 Å². The molecule has 2 heterocycles. The number of rotatable bonds is 0. The molecule has 8 heteroatoms. The maximum absolute atomic E-state index is 6.72. The van der Waals surface area contributed by atoms with Gasteiger partial charge in [0.1, 0.15) is 49.4 Å². The van der Waals surface area contributed by atoms with Crippen LogP contribution in [0.15, 0.2) is 60.7 Å². The lowest BCUT2D eigenvalue weighted by Gasteiger charge is -2.21. The summed E-state index contributed by atoms with van der Waals surface area (Å²) in [6.45, 7) is 1.13. The van der Waals surface area contributed by atoms with Gasteiger partial charge in [0.15, 0.2) is 0 Å². The van der Waals surface area contributed by atoms with E-state index in [-0.39, 0.29) is 32.8 Å². The van der Waals surface area contributed by atoms with E-state index in [1.54, 1.807) is 12.1 Å². The highest BCUT2D eigenvalue weighted by Gasteiger charge is 2.28. The summed E-state index contributed by atoms with van der Waals surface area (Å²) >= 11 is 26.9. The highest BCUT2D eigenvalue weighted by atomic mass is 35.5. The average molecular weight is 574 g/mol. The third-order valence-electron chi connectivity index (χ3n) is 6.55. The zero-order valence-corrected chi connectivity index (χ0v) is 22.5. The molecule has 0 unspecified atom stereocenters. The predicted octanol–water partition coefficient (Wildman–Crippen LogP) is 8.83. The van der Waals surface area contributed by atoms with Crippen molar-refractivity contribution in [3.8, 4) is 23.0 Å². The molecule has 2 bridgehead atoms. The van der Waals surface area contributed by atoms with E-state index in [2.05, 4.69) is 0 Å². The van der Waals surface area contributed by atoms with Gasteiger partial charge in [-0.2, -0.15) is 0 Å². The van der Waals surface area contributed by atoms with Crippen LogP contribution in [0.5, 0.6) is 23.0 Å². The number of fused-ring (bicyclic) bond motifs is 2. The summed E-state index contributed by atoms with van der Waals surface area (Å²) in [7, 11) is 0. The van der Waals surface area contributed by atoms with Gasteiger partial charge in [-0.1, -0.05) is 94.9 Å². The average Bonchev–Trinajstić information content (AvgIpc) is 2.93. The molecule has 0 aromatic heterocycles. The molecule has 4 aromatic rings. The molecule has 6 rings (SSSR count). The van der Waals surface area contributed by atoms with Crippen LogP contribution in [0.2, 0.25) is 20.1 Å². The molecule has 0 aliphatic carbocycles. The number of hydrogen-bond acceptors (Lipinski definition) is 4. The van der Waals surface area contributed by atoms with Crippen molar-refractivity contribution in [2.75, 3.05) is 0 Å². The summed E-state index contributed by atoms with van der Waals surface area (Å²) in [6.07, 6.45) is 0.253. The van der Waals surface area contributed by atoms with E-state index < -0.39 is 0 Å². The van der Waals surface area contributed by atoms with Crippen LogP contribution in [-0.4, -0.2) is 0 Å². The summed E-state index contributed by atoms with van der Waals surface area (Å²) in [5, 5.41) is 1.49. The Kier molecular flexibility index (Phi) is 6.76. The zero-order valence-electron chi connectivity index (χ0n) is 19.5. The lowest BCUT2D eigenvalue weighted by molar-refractivity contribution is 0.272. The molecule has 2 aliphatic heterocycles. The van der Waals surface area contributed by atoms with Crippen molar-refractivity contribution in [2.45, 2.75) is 32.8 Å². The van der Waals surface area contributed by atoms with Crippen molar-refractivity contribution in [2.24, 2.45) is 0 Å². The molecule has 188 valence electrons. The van der Waals surface area contributed by atoms with Crippen molar-refractivity contribution in [3.63, 3.8) is 0 Å². The Balaban J connectivity index is 1.64. The summed E-state index contributed by atoms with van der Waals surface area (Å²) in [6, 6.07) is 19.1. The highest BCUT2D eigenvalue weighted by molar-refractivity contribution is 6.37. The molecule has 4 aromatic carbocycles. The van der Waals surface area contributed by atoms with Crippen molar-refractivity contribution >= 4 is 46.4 Å². The molecule has 0 spiro atoms. The van der Waals surface area contributed by atoms with Crippen molar-refractivity contribution < 1.29 is 18.9 Å². The van der Waals surface area contributed by atoms with Gasteiger partial charge in [-0.05, 0) is 34.4 Å². The van der Waals surface area contributed by atoms with Crippen molar-refractivity contribution in [1.29, 1.82) is 0 Å². The third kappa shape index (κ3) is 4.68. The Morgan fingerprint density at radius 3 is 0.973 bits per heavy atom. The second-order valence-electron chi connectivity index (χ2n) is 8.82. The van der Waals surface area contributed by atoms with Crippen LogP contribution in [-0.2, 0) is 32.8 Å². The molecule has 4 nitrogen and oxygen atoms in total. The van der Waals surface area contributed by atoms with Crippen LogP contribution in [0, 0.1) is 0 Å². The topological polar surface area (TPSA) is 36.9 Å². The van der Waals surface area contributed by atoms with Crippen LogP contribution < -0.4 is 18.9 Å². The van der Waals surface area contributed by atoms with Gasteiger partial charge in [0, 0.05) is 17.5 Å². The minimum absolute atomic E-state index is 0.253. The van der Waals surface area contributed by atoms with Crippen molar-refractivity contribution in [3.05, 3.63) is 114 Å². The maximum atomic E-state index is 6.72. The van der Waals surface area contributed by atoms with Crippen LogP contribution >= 0.6 is 46.4 Å². The van der Waals surface area contributed by atoms with Gasteiger partial charge in [0.2, 0.25) is 0 Å². The summed E-state index contributed by atoms with van der Waals surface area (Å²) in [5.41, 5.74) is 5.15. The predicted molar refractivity (Wildman–Crippen MR) is 146 cm³/mol. The van der Waals surface area contributed by atoms with Crippen LogP contribution in [0.1, 0.15) is 33.4 Å². The van der Waals surface area contributed by atoms with Gasteiger partial charge >= 0.3 is 0 Å². The van der Waals surface area contributed by atoms with Crippen LogP contribution in [0.4, 0.5) is 0 Å². The molecular formula is C29H20Cl4O4. The summed E-state index contributed by atoms with van der Waals surface area (Å²) < 4.78 is 25.4. The van der Waals surface area contributed by atoms with E-state index >= 15 is 0 Å². The Morgan fingerprint density at radius 2 is 0.703 bits per heavy atom. The Labute approximate surface area is 234 Å². The monoisotopic (exact) mass is 572 g/mol. The largest absolute Gasteiger partial charge is 0.487 e. The molecule has 0 fully saturated rings. The van der Waals surface area contributed by atoms with Gasteiger partial charge in [-0.25, -0.2) is 0 Å². The van der Waals surface area contributed by atoms with Gasteiger partial charge in [0.05, 0.1) is 20.1 Å². The lowest BCUT2D eigenvalue weighted by atomic mass is 10.0. The van der Waals surface area contributed by atoms with E-state index in [0.29, 0.717) is 54.2 Å². The van der Waals surface area contributed by atoms with Gasteiger partial charge in [-0.3, -0.25) is 0 Å². The number of halogens is 4. The van der Waals surface area contributed by atoms with E-state index in [1.807, 2.05) is 48.5 Å². The quantitative estimate of drug-likeness (QED) is 0.210. The van der Waals surface area contributed by atoms with Crippen LogP contribution in [0.25, 0.3) is 0 Å². The first-order valence-corrected chi connectivity index (χ1v) is 13.2. The molecule has 0 atom stereocenters. The molecule has 0 saturated heterocycles. The fourth-order valence-electron chi connectivity index (χ4n) is 4.67. The van der Waals surface area contributed by atoms with Crippen molar-refractivity contribution in [1.82, 2.24) is 0 Å². The normalized spacial score (nSPS) is 14.3. The fraction of sp³-hybridized carbons (Fsp3) is 0.172. The summed E-state index contributed by atoms with van der Waals surface area (Å²) in [4.78, 5) is 0. The van der Waals surface area contributed by atoms with E-state index in [9.17, 15) is 0 Å². The molecule has 0 saturated carbocycles. The first-order chi connectivity index (χ1) is 18.0. The Hall–Kier alpha value is -2.76. The molecule has 0 N–H and O–H groups in total. The molecule has 2 aliphatic rings. The number of benzene rings is 4. The zero-order chi connectivity index (χ0) is 25.5. The first kappa shape index (κ1) is 24.6. The van der Waals surface area contributed by atoms with Gasteiger partial charge in [0.25, 0.3) is 0 Å². The van der Waals surface area contributed by atoms with E-state index in [0.717, 1.165) is 22.3 Å². The number of ether oxygens (including phenoxy) is 4. The Morgan fingerprint density at radius 1 is 0.432 bits per heavy atom. The second-order valence-corrected chi connectivity index (χ2v) is 10.5. The molecule has 37 heavy (non-hydrogen) atoms. The fourth-order valence-corrected chi connectivity index (χ4v) is 5.89. The Bertz CT molecular complexity index is 1300. The minimum Gasteiger partial charge on any atom is -0.487 e. The second kappa shape index (κ2) is 10.2. The van der Waals surface area contributed by atoms with Gasteiger partial charge in [-0.15, -0.1) is 0 Å². The van der Waals surface area contributed by atoms with Gasteiger partial charge < -0.3 is 18.9 Å². The van der Waals surface area contributed by atoms with Crippen LogP contribution in [0.3, 0.4) is 0 Å². The maximum Gasteiger partial charge on any atom is 0.145 e. The highest BCUT2D eigenvalue weighted by Crippen LogP contribution is 2.49. The first-order valence-electron chi connectivity index (χ1n) is 11.7. The summed E-state index contributed by atoms with van der Waals surface area (Å²) in [5.74, 6) is 1.88. The smallest absolute Gasteiger partial charge is 0.145 e. The number of hydrogen-bond donors (Lipinski definition) is 0. The SMILES string of the molecule is Clc1cc(Cl)c2c3c1OCc1ccccc1COc1c(Cl)cc(Cl)c(c1C3)OCc1ccccc1CO2. The molecular weight excluding hydrogens is 554 g/mol. The molecule has 0 radical (unpaired) electrons.